The Balaban J connectivity index is 1.44. The summed E-state index contributed by atoms with van der Waals surface area (Å²) in [5.41, 5.74) is 1.65. The van der Waals surface area contributed by atoms with Crippen molar-refractivity contribution in [3.8, 4) is 0 Å². The van der Waals surface area contributed by atoms with E-state index in [1.807, 2.05) is 4.90 Å². The van der Waals surface area contributed by atoms with E-state index in [4.69, 9.17) is 0 Å². The highest BCUT2D eigenvalue weighted by Gasteiger charge is 2.42. The Labute approximate surface area is 147 Å². The van der Waals surface area contributed by atoms with Gasteiger partial charge >= 0.3 is 0 Å². The van der Waals surface area contributed by atoms with Crippen LogP contribution < -0.4 is 4.90 Å². The molecule has 0 spiro atoms. The quantitative estimate of drug-likeness (QED) is 0.900. The number of carbonyl (C=O) groups is 1. The van der Waals surface area contributed by atoms with Crippen LogP contribution in [0.25, 0.3) is 0 Å². The first-order chi connectivity index (χ1) is 11.9. The van der Waals surface area contributed by atoms with Crippen molar-refractivity contribution in [1.29, 1.82) is 0 Å². The zero-order valence-corrected chi connectivity index (χ0v) is 14.9. The summed E-state index contributed by atoms with van der Waals surface area (Å²) < 4.78 is 0. The number of anilines is 1. The van der Waals surface area contributed by atoms with Crippen LogP contribution in [-0.4, -0.2) is 57.2 Å². The fraction of sp³-hybridized carbons (Fsp3) is 0.556. The summed E-state index contributed by atoms with van der Waals surface area (Å²) >= 11 is 0. The van der Waals surface area contributed by atoms with E-state index in [9.17, 15) is 4.79 Å². The van der Waals surface area contributed by atoms with E-state index in [1.54, 1.807) is 18.6 Å². The van der Waals surface area contributed by atoms with E-state index < -0.39 is 0 Å². The van der Waals surface area contributed by atoms with Crippen LogP contribution in [0.5, 0.6) is 0 Å². The molecule has 2 aliphatic rings. The van der Waals surface area contributed by atoms with Gasteiger partial charge in [0.2, 0.25) is 0 Å². The highest BCUT2D eigenvalue weighted by Crippen LogP contribution is 2.34. The molecular weight excluding hydrogens is 316 g/mol. The van der Waals surface area contributed by atoms with Gasteiger partial charge in [-0.15, -0.1) is 0 Å². The average molecular weight is 340 g/mol. The van der Waals surface area contributed by atoms with E-state index >= 15 is 0 Å². The van der Waals surface area contributed by atoms with Crippen LogP contribution in [0.2, 0.25) is 0 Å². The molecule has 0 aromatic carbocycles. The molecule has 2 fully saturated rings. The lowest BCUT2D eigenvalue weighted by Crippen LogP contribution is -2.33. The van der Waals surface area contributed by atoms with E-state index in [2.05, 4.69) is 51.9 Å². The Morgan fingerprint density at radius 1 is 1.16 bits per heavy atom. The van der Waals surface area contributed by atoms with Gasteiger partial charge in [0.1, 0.15) is 17.8 Å². The van der Waals surface area contributed by atoms with Crippen molar-refractivity contribution < 1.29 is 4.79 Å². The molecule has 25 heavy (non-hydrogen) atoms. The number of H-pyrrole nitrogens is 1. The lowest BCUT2D eigenvalue weighted by Gasteiger charge is -2.24. The maximum atomic E-state index is 12.5. The smallest absolute Gasteiger partial charge is 0.271 e. The minimum Gasteiger partial charge on any atom is -0.356 e. The van der Waals surface area contributed by atoms with Gasteiger partial charge in [-0.1, -0.05) is 20.8 Å². The largest absolute Gasteiger partial charge is 0.356 e. The topological polar surface area (TPSA) is 78.0 Å². The first-order valence-electron chi connectivity index (χ1n) is 8.78. The van der Waals surface area contributed by atoms with Crippen LogP contribution in [0, 0.1) is 11.8 Å². The highest BCUT2D eigenvalue weighted by atomic mass is 16.2. The third-order valence-electron chi connectivity index (χ3n) is 5.25. The second-order valence-corrected chi connectivity index (χ2v) is 8.12. The zero-order chi connectivity index (χ0) is 17.6. The van der Waals surface area contributed by atoms with E-state index in [-0.39, 0.29) is 11.3 Å². The van der Waals surface area contributed by atoms with Gasteiger partial charge < -0.3 is 9.80 Å². The van der Waals surface area contributed by atoms with Crippen LogP contribution in [0.4, 0.5) is 5.82 Å². The van der Waals surface area contributed by atoms with Crippen molar-refractivity contribution in [3.05, 3.63) is 36.0 Å². The van der Waals surface area contributed by atoms with Crippen molar-refractivity contribution in [1.82, 2.24) is 25.1 Å². The predicted octanol–water partition coefficient (Wildman–Crippen LogP) is 1.71. The van der Waals surface area contributed by atoms with Gasteiger partial charge in [0.25, 0.3) is 5.91 Å². The number of carbonyl (C=O) groups excluding carboxylic acids is 1. The molecule has 7 heteroatoms. The van der Waals surface area contributed by atoms with Crippen molar-refractivity contribution in [2.45, 2.75) is 26.2 Å². The second kappa shape index (κ2) is 5.82. The molecule has 2 aromatic heterocycles. The molecule has 4 rings (SSSR count). The standard InChI is InChI=1S/C18H24N6O/c1-18(2,3)15-6-16(20-11-19-15)23-7-12-9-24(10-13(12)8-23)17(25)14-4-5-21-22-14/h4-6,11-13H,7-10H2,1-3H3,(H,21,22). The van der Waals surface area contributed by atoms with Crippen molar-refractivity contribution in [3.63, 3.8) is 0 Å². The van der Waals surface area contributed by atoms with Gasteiger partial charge in [-0.25, -0.2) is 9.97 Å². The van der Waals surface area contributed by atoms with Crippen molar-refractivity contribution >= 4 is 11.7 Å². The lowest BCUT2D eigenvalue weighted by atomic mass is 9.92. The summed E-state index contributed by atoms with van der Waals surface area (Å²) in [4.78, 5) is 25.6. The van der Waals surface area contributed by atoms with Crippen molar-refractivity contribution in [2.24, 2.45) is 11.8 Å². The molecule has 2 atom stereocenters. The lowest BCUT2D eigenvalue weighted by molar-refractivity contribution is 0.0776. The van der Waals surface area contributed by atoms with E-state index in [1.165, 1.54) is 0 Å². The number of rotatable bonds is 2. The summed E-state index contributed by atoms with van der Waals surface area (Å²) in [7, 11) is 0. The average Bonchev–Trinajstić information content (AvgIpc) is 3.29. The number of nitrogens with zero attached hydrogens (tertiary/aromatic N) is 5. The number of fused-ring (bicyclic) bond motifs is 1. The maximum Gasteiger partial charge on any atom is 0.271 e. The fourth-order valence-corrected chi connectivity index (χ4v) is 3.82. The maximum absolute atomic E-state index is 12.5. The molecule has 0 radical (unpaired) electrons. The molecule has 0 saturated carbocycles. The monoisotopic (exact) mass is 340 g/mol. The van der Waals surface area contributed by atoms with Gasteiger partial charge in [-0.2, -0.15) is 5.10 Å². The first kappa shape index (κ1) is 16.1. The molecule has 0 aliphatic carbocycles. The number of aromatic amines is 1. The molecule has 2 saturated heterocycles. The summed E-state index contributed by atoms with van der Waals surface area (Å²) in [6, 6.07) is 3.84. The predicted molar refractivity (Wildman–Crippen MR) is 94.4 cm³/mol. The van der Waals surface area contributed by atoms with E-state index in [0.717, 1.165) is 37.7 Å². The molecule has 0 bridgehead atoms. The van der Waals surface area contributed by atoms with Gasteiger partial charge in [0.15, 0.2) is 0 Å². The molecular formula is C18H24N6O. The molecule has 7 nitrogen and oxygen atoms in total. The van der Waals surface area contributed by atoms with E-state index in [0.29, 0.717) is 17.5 Å². The third-order valence-corrected chi connectivity index (χ3v) is 5.25. The highest BCUT2D eigenvalue weighted by molar-refractivity contribution is 5.92. The van der Waals surface area contributed by atoms with Crippen LogP contribution in [0.15, 0.2) is 24.7 Å². The minimum atomic E-state index is 0.0145. The Morgan fingerprint density at radius 2 is 1.88 bits per heavy atom. The fourth-order valence-electron chi connectivity index (χ4n) is 3.82. The SMILES string of the molecule is CC(C)(C)c1cc(N2CC3CN(C(=O)c4ccn[nH]4)CC3C2)ncn1. The van der Waals surface area contributed by atoms with Crippen molar-refractivity contribution in [2.75, 3.05) is 31.1 Å². The molecule has 1 N–H and O–H groups in total. The number of amides is 1. The van der Waals surface area contributed by atoms with Crippen LogP contribution in [0.1, 0.15) is 37.0 Å². The Morgan fingerprint density at radius 3 is 2.48 bits per heavy atom. The van der Waals surface area contributed by atoms with Gasteiger partial charge in [0.05, 0.1) is 5.69 Å². The number of nitrogens with one attached hydrogen (secondary N) is 1. The molecule has 1 amide bonds. The van der Waals surface area contributed by atoms with Gasteiger partial charge in [-0.3, -0.25) is 9.89 Å². The number of aromatic nitrogens is 4. The Bertz CT molecular complexity index is 752. The van der Waals surface area contributed by atoms with Crippen LogP contribution >= 0.6 is 0 Å². The normalized spacial score (nSPS) is 23.2. The molecule has 2 aliphatic heterocycles. The van der Waals surface area contributed by atoms with Crippen LogP contribution in [-0.2, 0) is 5.41 Å². The summed E-state index contributed by atoms with van der Waals surface area (Å²) in [5.74, 6) is 2.05. The zero-order valence-electron chi connectivity index (χ0n) is 14.9. The molecule has 2 aromatic rings. The van der Waals surface area contributed by atoms with Gasteiger partial charge in [-0.05, 0) is 6.07 Å². The number of likely N-dealkylation sites (tertiary alicyclic amines) is 1. The Hall–Kier alpha value is -2.44. The molecule has 4 heterocycles. The first-order valence-corrected chi connectivity index (χ1v) is 8.78. The van der Waals surface area contributed by atoms with Crippen LogP contribution in [0.3, 0.4) is 0 Å². The third kappa shape index (κ3) is 2.99. The molecule has 132 valence electrons. The molecule has 2 unspecified atom stereocenters. The second-order valence-electron chi connectivity index (χ2n) is 8.12. The number of hydrogen-bond donors (Lipinski definition) is 1. The van der Waals surface area contributed by atoms with Gasteiger partial charge in [0, 0.05) is 55.7 Å². The number of hydrogen-bond acceptors (Lipinski definition) is 5. The summed E-state index contributed by atoms with van der Waals surface area (Å²) in [6.07, 6.45) is 3.28. The minimum absolute atomic E-state index is 0.0145. The Kier molecular flexibility index (Phi) is 3.74. The summed E-state index contributed by atoms with van der Waals surface area (Å²) in [6.45, 7) is 9.98. The summed E-state index contributed by atoms with van der Waals surface area (Å²) in [5, 5.41) is 6.64.